The van der Waals surface area contributed by atoms with Crippen molar-refractivity contribution in [3.63, 3.8) is 0 Å². The lowest BCUT2D eigenvalue weighted by Gasteiger charge is -2.39. The number of aromatic nitrogens is 3. The van der Waals surface area contributed by atoms with Crippen LogP contribution in [0, 0.1) is 5.92 Å². The van der Waals surface area contributed by atoms with Gasteiger partial charge in [0.2, 0.25) is 5.91 Å². The molecule has 0 aromatic carbocycles. The number of carbonyl (C=O) groups is 1. The van der Waals surface area contributed by atoms with E-state index in [2.05, 4.69) is 17.2 Å². The fourth-order valence-corrected chi connectivity index (χ4v) is 2.46. The summed E-state index contributed by atoms with van der Waals surface area (Å²) in [6.45, 7) is 3.75. The molecule has 0 saturated carbocycles. The highest BCUT2D eigenvalue weighted by atomic mass is 16.2. The van der Waals surface area contributed by atoms with Gasteiger partial charge in [0.1, 0.15) is 6.54 Å². The normalized spacial score (nSPS) is 24.9. The molecule has 6 nitrogen and oxygen atoms in total. The summed E-state index contributed by atoms with van der Waals surface area (Å²) in [6.07, 6.45) is 5.48. The molecule has 2 atom stereocenters. The van der Waals surface area contributed by atoms with Crippen LogP contribution >= 0.6 is 0 Å². The van der Waals surface area contributed by atoms with E-state index in [9.17, 15) is 4.79 Å². The number of nitrogens with two attached hydrogens (primary N) is 1. The average molecular weight is 237 g/mol. The Bertz CT molecular complexity index is 364. The fraction of sp³-hybridized carbons (Fsp3) is 0.727. The Morgan fingerprint density at radius 1 is 1.59 bits per heavy atom. The Hall–Kier alpha value is -1.43. The SMILES string of the molecule is C[C@H]1CCCN(C(=O)Cn2ccnn2)[C@H]1CN. The van der Waals surface area contributed by atoms with E-state index in [0.717, 1.165) is 19.4 Å². The summed E-state index contributed by atoms with van der Waals surface area (Å²) in [7, 11) is 0. The molecule has 1 aromatic rings. The minimum absolute atomic E-state index is 0.0810. The maximum Gasteiger partial charge on any atom is 0.244 e. The topological polar surface area (TPSA) is 77.0 Å². The molecule has 2 rings (SSSR count). The Morgan fingerprint density at radius 2 is 2.41 bits per heavy atom. The molecule has 2 N–H and O–H groups in total. The molecule has 94 valence electrons. The van der Waals surface area contributed by atoms with Crippen molar-refractivity contribution >= 4 is 5.91 Å². The summed E-state index contributed by atoms with van der Waals surface area (Å²) in [5.74, 6) is 0.561. The van der Waals surface area contributed by atoms with Crippen LogP contribution in [0.3, 0.4) is 0 Å². The molecule has 1 aliphatic rings. The van der Waals surface area contributed by atoms with Gasteiger partial charge in [0.25, 0.3) is 0 Å². The van der Waals surface area contributed by atoms with Crippen molar-refractivity contribution in [3.05, 3.63) is 12.4 Å². The maximum absolute atomic E-state index is 12.2. The molecular formula is C11H19N5O. The highest BCUT2D eigenvalue weighted by Gasteiger charge is 2.30. The molecule has 0 bridgehead atoms. The second-order valence-electron chi connectivity index (χ2n) is 4.61. The van der Waals surface area contributed by atoms with Crippen LogP contribution in [0.5, 0.6) is 0 Å². The number of amides is 1. The number of nitrogens with zero attached hydrogens (tertiary/aromatic N) is 4. The standard InChI is InChI=1S/C11H19N5O/c1-9-3-2-5-16(10(9)7-12)11(17)8-15-6-4-13-14-15/h4,6,9-10H,2-3,5,7-8,12H2,1H3/t9-,10-/m0/s1. The van der Waals surface area contributed by atoms with Gasteiger partial charge in [-0.2, -0.15) is 0 Å². The van der Waals surface area contributed by atoms with Crippen molar-refractivity contribution < 1.29 is 4.79 Å². The summed E-state index contributed by atoms with van der Waals surface area (Å²) in [4.78, 5) is 14.1. The highest BCUT2D eigenvalue weighted by molar-refractivity contribution is 5.76. The van der Waals surface area contributed by atoms with Crippen LogP contribution in [-0.4, -0.2) is 44.9 Å². The third-order valence-corrected chi connectivity index (χ3v) is 3.45. The number of piperidine rings is 1. The van der Waals surface area contributed by atoms with E-state index in [1.165, 1.54) is 0 Å². The minimum Gasteiger partial charge on any atom is -0.337 e. The molecule has 2 heterocycles. The Morgan fingerprint density at radius 3 is 3.06 bits per heavy atom. The van der Waals surface area contributed by atoms with E-state index in [1.807, 2.05) is 4.90 Å². The van der Waals surface area contributed by atoms with Gasteiger partial charge in [0.15, 0.2) is 0 Å². The van der Waals surface area contributed by atoms with Crippen LogP contribution in [0.1, 0.15) is 19.8 Å². The van der Waals surface area contributed by atoms with Gasteiger partial charge < -0.3 is 10.6 Å². The maximum atomic E-state index is 12.2. The molecule has 0 radical (unpaired) electrons. The molecule has 6 heteroatoms. The number of rotatable bonds is 3. The van der Waals surface area contributed by atoms with E-state index < -0.39 is 0 Å². The fourth-order valence-electron chi connectivity index (χ4n) is 2.46. The third-order valence-electron chi connectivity index (χ3n) is 3.45. The largest absolute Gasteiger partial charge is 0.337 e. The van der Waals surface area contributed by atoms with Crippen molar-refractivity contribution in [1.82, 2.24) is 19.9 Å². The molecule has 17 heavy (non-hydrogen) atoms. The lowest BCUT2D eigenvalue weighted by molar-refractivity contribution is -0.136. The van der Waals surface area contributed by atoms with Crippen molar-refractivity contribution in [2.24, 2.45) is 11.7 Å². The van der Waals surface area contributed by atoms with Gasteiger partial charge in [-0.3, -0.25) is 4.79 Å². The first-order chi connectivity index (χ1) is 8.22. The van der Waals surface area contributed by atoms with Crippen LogP contribution in [0.25, 0.3) is 0 Å². The predicted molar refractivity (Wildman–Crippen MR) is 63.0 cm³/mol. The molecule has 1 amide bonds. The monoisotopic (exact) mass is 237 g/mol. The number of hydrogen-bond acceptors (Lipinski definition) is 4. The number of carbonyl (C=O) groups excluding carboxylic acids is 1. The Balaban J connectivity index is 2.02. The zero-order chi connectivity index (χ0) is 12.3. The van der Waals surface area contributed by atoms with Crippen molar-refractivity contribution in [2.75, 3.05) is 13.1 Å². The lowest BCUT2D eigenvalue weighted by Crippen LogP contribution is -2.52. The summed E-state index contributed by atoms with van der Waals surface area (Å²) in [5.41, 5.74) is 5.77. The molecule has 1 aromatic heterocycles. The molecular weight excluding hydrogens is 218 g/mol. The smallest absolute Gasteiger partial charge is 0.244 e. The van der Waals surface area contributed by atoms with E-state index in [-0.39, 0.29) is 18.5 Å². The first-order valence-corrected chi connectivity index (χ1v) is 6.06. The number of hydrogen-bond donors (Lipinski definition) is 1. The summed E-state index contributed by atoms with van der Waals surface area (Å²) >= 11 is 0. The summed E-state index contributed by atoms with van der Waals surface area (Å²) < 4.78 is 1.55. The molecule has 0 spiro atoms. The molecule has 0 unspecified atom stereocenters. The van der Waals surface area contributed by atoms with Gasteiger partial charge in [-0.1, -0.05) is 12.1 Å². The average Bonchev–Trinajstić information content (AvgIpc) is 2.81. The second-order valence-corrected chi connectivity index (χ2v) is 4.61. The molecule has 1 saturated heterocycles. The van der Waals surface area contributed by atoms with Gasteiger partial charge in [-0.15, -0.1) is 5.10 Å². The summed E-state index contributed by atoms with van der Waals surface area (Å²) in [5, 5.41) is 7.50. The van der Waals surface area contributed by atoms with Crippen LogP contribution < -0.4 is 5.73 Å². The van der Waals surface area contributed by atoms with E-state index in [1.54, 1.807) is 17.1 Å². The van der Waals surface area contributed by atoms with Crippen LogP contribution in [0.2, 0.25) is 0 Å². The van der Waals surface area contributed by atoms with Gasteiger partial charge in [0, 0.05) is 25.3 Å². The van der Waals surface area contributed by atoms with Gasteiger partial charge in [-0.25, -0.2) is 4.68 Å². The van der Waals surface area contributed by atoms with Crippen molar-refractivity contribution in [3.8, 4) is 0 Å². The quantitative estimate of drug-likeness (QED) is 0.794. The van der Waals surface area contributed by atoms with Gasteiger partial charge in [0.05, 0.1) is 6.20 Å². The zero-order valence-corrected chi connectivity index (χ0v) is 10.1. The number of likely N-dealkylation sites (tertiary alicyclic amines) is 1. The highest BCUT2D eigenvalue weighted by Crippen LogP contribution is 2.22. The first kappa shape index (κ1) is 12.0. The van der Waals surface area contributed by atoms with Crippen LogP contribution in [0.15, 0.2) is 12.4 Å². The van der Waals surface area contributed by atoms with Crippen molar-refractivity contribution in [1.29, 1.82) is 0 Å². The first-order valence-electron chi connectivity index (χ1n) is 6.06. The van der Waals surface area contributed by atoms with Crippen LogP contribution in [0.4, 0.5) is 0 Å². The Labute approximate surface area is 101 Å². The lowest BCUT2D eigenvalue weighted by atomic mass is 9.91. The van der Waals surface area contributed by atoms with Gasteiger partial charge >= 0.3 is 0 Å². The molecule has 1 aliphatic heterocycles. The minimum atomic E-state index is 0.0810. The Kier molecular flexibility index (Phi) is 3.73. The third kappa shape index (κ3) is 2.63. The van der Waals surface area contributed by atoms with Crippen LogP contribution in [-0.2, 0) is 11.3 Å². The predicted octanol–water partition coefficient (Wildman–Crippen LogP) is -0.136. The molecule has 0 aliphatic carbocycles. The van der Waals surface area contributed by atoms with Crippen molar-refractivity contribution in [2.45, 2.75) is 32.4 Å². The summed E-state index contributed by atoms with van der Waals surface area (Å²) in [6, 6.07) is 0.166. The van der Waals surface area contributed by atoms with E-state index in [0.29, 0.717) is 12.5 Å². The molecule has 1 fully saturated rings. The second kappa shape index (κ2) is 5.27. The van der Waals surface area contributed by atoms with Gasteiger partial charge in [-0.05, 0) is 18.8 Å². The van der Waals surface area contributed by atoms with E-state index >= 15 is 0 Å². The zero-order valence-electron chi connectivity index (χ0n) is 10.1. The van der Waals surface area contributed by atoms with E-state index in [4.69, 9.17) is 5.73 Å².